The molecule has 1 saturated heterocycles. The van der Waals surface area contributed by atoms with Gasteiger partial charge in [0.1, 0.15) is 0 Å². The highest BCUT2D eigenvalue weighted by atomic mass is 16.1. The first kappa shape index (κ1) is 16.6. The molecule has 0 aliphatic carbocycles. The summed E-state index contributed by atoms with van der Waals surface area (Å²) in [6.07, 6.45) is 4.05. The highest BCUT2D eigenvalue weighted by Crippen LogP contribution is 2.20. The van der Waals surface area contributed by atoms with Crippen molar-refractivity contribution in [2.75, 3.05) is 0 Å². The second-order valence-corrected chi connectivity index (χ2v) is 6.48. The van der Waals surface area contributed by atoms with E-state index in [9.17, 15) is 9.59 Å². The van der Waals surface area contributed by atoms with Gasteiger partial charge in [0.2, 0.25) is 0 Å². The van der Waals surface area contributed by atoms with E-state index in [0.717, 1.165) is 30.4 Å². The summed E-state index contributed by atoms with van der Waals surface area (Å²) in [7, 11) is 0. The van der Waals surface area contributed by atoms with E-state index >= 15 is 0 Å². The quantitative estimate of drug-likeness (QED) is 0.817. The number of hydrogen-bond donors (Lipinski definition) is 1. The van der Waals surface area contributed by atoms with Crippen LogP contribution < -0.4 is 5.32 Å². The Balaban J connectivity index is 1.55. The first-order valence-electron chi connectivity index (χ1n) is 8.65. The van der Waals surface area contributed by atoms with Crippen LogP contribution in [0.15, 0.2) is 60.7 Å². The minimum Gasteiger partial charge on any atom is -0.310 e. The van der Waals surface area contributed by atoms with Crippen LogP contribution in [0.5, 0.6) is 0 Å². The lowest BCUT2D eigenvalue weighted by Crippen LogP contribution is -2.44. The molecule has 1 N–H and O–H groups in total. The molecule has 2 unspecified atom stereocenters. The van der Waals surface area contributed by atoms with Crippen LogP contribution in [0.4, 0.5) is 0 Å². The van der Waals surface area contributed by atoms with Crippen molar-refractivity contribution in [3.63, 3.8) is 0 Å². The van der Waals surface area contributed by atoms with Crippen molar-refractivity contribution in [3.8, 4) is 0 Å². The normalized spacial score (nSPS) is 20.5. The smallest absolute Gasteiger partial charge is 0.164 e. The number of rotatable bonds is 6. The Hall–Kier alpha value is -2.26. The Morgan fingerprint density at radius 3 is 1.58 bits per heavy atom. The molecule has 124 valence electrons. The lowest BCUT2D eigenvalue weighted by molar-refractivity contribution is 0.0941. The summed E-state index contributed by atoms with van der Waals surface area (Å²) < 4.78 is 0. The van der Waals surface area contributed by atoms with Crippen LogP contribution >= 0.6 is 0 Å². The molecule has 0 spiro atoms. The molecule has 1 fully saturated rings. The van der Waals surface area contributed by atoms with Crippen molar-refractivity contribution in [2.45, 2.75) is 44.2 Å². The summed E-state index contributed by atoms with van der Waals surface area (Å²) in [4.78, 5) is 24.7. The molecule has 1 heterocycles. The number of hydrogen-bond acceptors (Lipinski definition) is 3. The maximum atomic E-state index is 12.4. The zero-order valence-corrected chi connectivity index (χ0v) is 13.8. The third-order valence-corrected chi connectivity index (χ3v) is 4.63. The second kappa shape index (κ2) is 8.02. The zero-order valence-electron chi connectivity index (χ0n) is 13.8. The van der Waals surface area contributed by atoms with Gasteiger partial charge in [-0.1, -0.05) is 67.1 Å². The van der Waals surface area contributed by atoms with E-state index in [2.05, 4.69) is 5.32 Å². The SMILES string of the molecule is O=C(CC1CCCC(CC(=O)c2ccccc2)N1)c1ccccc1. The molecule has 2 aromatic rings. The number of Topliss-reactive ketones (excluding diaryl/α,β-unsaturated/α-hetero) is 2. The van der Waals surface area contributed by atoms with E-state index in [0.29, 0.717) is 12.8 Å². The summed E-state index contributed by atoms with van der Waals surface area (Å²) in [5.41, 5.74) is 1.53. The Labute approximate surface area is 143 Å². The molecule has 1 aliphatic rings. The molecule has 2 aromatic carbocycles. The maximum absolute atomic E-state index is 12.4. The minimum absolute atomic E-state index is 0.167. The molecule has 0 saturated carbocycles. The van der Waals surface area contributed by atoms with Crippen LogP contribution in [0.3, 0.4) is 0 Å². The van der Waals surface area contributed by atoms with Crippen LogP contribution in [0.1, 0.15) is 52.8 Å². The van der Waals surface area contributed by atoms with Gasteiger partial charge in [0.15, 0.2) is 11.6 Å². The third-order valence-electron chi connectivity index (χ3n) is 4.63. The molecule has 0 bridgehead atoms. The number of nitrogens with one attached hydrogen (secondary N) is 1. The summed E-state index contributed by atoms with van der Waals surface area (Å²) in [6, 6.07) is 19.2. The fourth-order valence-electron chi connectivity index (χ4n) is 3.36. The lowest BCUT2D eigenvalue weighted by atomic mass is 9.90. The van der Waals surface area contributed by atoms with E-state index in [1.54, 1.807) is 0 Å². The van der Waals surface area contributed by atoms with Crippen molar-refractivity contribution in [2.24, 2.45) is 0 Å². The van der Waals surface area contributed by atoms with Crippen LogP contribution in [-0.4, -0.2) is 23.7 Å². The Kier molecular flexibility index (Phi) is 5.55. The second-order valence-electron chi connectivity index (χ2n) is 6.48. The average Bonchev–Trinajstić information content (AvgIpc) is 2.63. The summed E-state index contributed by atoms with van der Waals surface area (Å²) >= 11 is 0. The van der Waals surface area contributed by atoms with Gasteiger partial charge in [0.25, 0.3) is 0 Å². The summed E-state index contributed by atoms with van der Waals surface area (Å²) in [6.45, 7) is 0. The number of ketones is 2. The van der Waals surface area contributed by atoms with Gasteiger partial charge in [0, 0.05) is 36.1 Å². The highest BCUT2D eigenvalue weighted by Gasteiger charge is 2.25. The van der Waals surface area contributed by atoms with E-state index < -0.39 is 0 Å². The molecule has 24 heavy (non-hydrogen) atoms. The molecular weight excluding hydrogens is 298 g/mol. The predicted molar refractivity (Wildman–Crippen MR) is 95.3 cm³/mol. The van der Waals surface area contributed by atoms with Gasteiger partial charge in [-0.15, -0.1) is 0 Å². The van der Waals surface area contributed by atoms with E-state index in [1.807, 2.05) is 60.7 Å². The first-order valence-corrected chi connectivity index (χ1v) is 8.65. The van der Waals surface area contributed by atoms with Crippen LogP contribution in [0.25, 0.3) is 0 Å². The van der Waals surface area contributed by atoms with Crippen molar-refractivity contribution in [1.29, 1.82) is 0 Å². The van der Waals surface area contributed by atoms with Gasteiger partial charge < -0.3 is 5.32 Å². The van der Waals surface area contributed by atoms with Gasteiger partial charge in [-0.3, -0.25) is 9.59 Å². The molecule has 0 radical (unpaired) electrons. The van der Waals surface area contributed by atoms with Gasteiger partial charge >= 0.3 is 0 Å². The summed E-state index contributed by atoms with van der Waals surface area (Å²) in [5, 5.41) is 3.51. The van der Waals surface area contributed by atoms with Crippen LogP contribution in [0, 0.1) is 0 Å². The van der Waals surface area contributed by atoms with Gasteiger partial charge in [-0.25, -0.2) is 0 Å². The third kappa shape index (κ3) is 4.39. The van der Waals surface area contributed by atoms with Crippen molar-refractivity contribution >= 4 is 11.6 Å². The first-order chi connectivity index (χ1) is 11.7. The molecule has 1 aliphatic heterocycles. The number of benzene rings is 2. The number of carbonyl (C=O) groups excluding carboxylic acids is 2. The minimum atomic E-state index is 0.167. The molecule has 3 rings (SSSR count). The Morgan fingerprint density at radius 1 is 0.750 bits per heavy atom. The van der Waals surface area contributed by atoms with Crippen LogP contribution in [-0.2, 0) is 0 Å². The predicted octanol–water partition coefficient (Wildman–Crippen LogP) is 4.04. The van der Waals surface area contributed by atoms with E-state index in [-0.39, 0.29) is 23.7 Å². The van der Waals surface area contributed by atoms with Crippen molar-refractivity contribution in [3.05, 3.63) is 71.8 Å². The van der Waals surface area contributed by atoms with Crippen molar-refractivity contribution < 1.29 is 9.59 Å². The topological polar surface area (TPSA) is 46.2 Å². The zero-order chi connectivity index (χ0) is 16.8. The fourth-order valence-corrected chi connectivity index (χ4v) is 3.36. The van der Waals surface area contributed by atoms with Gasteiger partial charge in [-0.2, -0.15) is 0 Å². The van der Waals surface area contributed by atoms with Gasteiger partial charge in [-0.05, 0) is 12.8 Å². The monoisotopic (exact) mass is 321 g/mol. The largest absolute Gasteiger partial charge is 0.310 e. The Morgan fingerprint density at radius 2 is 1.17 bits per heavy atom. The molecule has 2 atom stereocenters. The highest BCUT2D eigenvalue weighted by molar-refractivity contribution is 5.97. The molecule has 0 amide bonds. The molecule has 3 heteroatoms. The lowest BCUT2D eigenvalue weighted by Gasteiger charge is -2.30. The van der Waals surface area contributed by atoms with Crippen molar-refractivity contribution in [1.82, 2.24) is 5.32 Å². The maximum Gasteiger partial charge on any atom is 0.164 e. The summed E-state index contributed by atoms with van der Waals surface area (Å²) in [5.74, 6) is 0.339. The molecule has 0 aromatic heterocycles. The van der Waals surface area contributed by atoms with E-state index in [4.69, 9.17) is 0 Å². The van der Waals surface area contributed by atoms with Crippen LogP contribution in [0.2, 0.25) is 0 Å². The van der Waals surface area contributed by atoms with E-state index in [1.165, 1.54) is 0 Å². The standard InChI is InChI=1S/C21H23NO2/c23-20(16-8-3-1-4-9-16)14-18-12-7-13-19(22-18)15-21(24)17-10-5-2-6-11-17/h1-6,8-11,18-19,22H,7,12-15H2. The Bertz CT molecular complexity index is 622. The van der Waals surface area contributed by atoms with Gasteiger partial charge in [0.05, 0.1) is 0 Å². The number of piperidine rings is 1. The average molecular weight is 321 g/mol. The molecule has 3 nitrogen and oxygen atoms in total. The number of carbonyl (C=O) groups is 2. The fraction of sp³-hybridized carbons (Fsp3) is 0.333. The molecular formula is C21H23NO2.